The van der Waals surface area contributed by atoms with Crippen molar-refractivity contribution in [2.24, 2.45) is 11.7 Å². The summed E-state index contributed by atoms with van der Waals surface area (Å²) in [6, 6.07) is -3.86. The Labute approximate surface area is 185 Å². The number of thioether (sulfide) groups is 1. The van der Waals surface area contributed by atoms with Crippen molar-refractivity contribution in [3.8, 4) is 0 Å². The zero-order chi connectivity index (χ0) is 23.6. The number of imidazole rings is 1. The van der Waals surface area contributed by atoms with Crippen LogP contribution in [0.1, 0.15) is 32.9 Å². The molecule has 11 nitrogen and oxygen atoms in total. The molecule has 0 bridgehead atoms. The van der Waals surface area contributed by atoms with Crippen LogP contribution in [0.2, 0.25) is 0 Å². The van der Waals surface area contributed by atoms with Crippen LogP contribution < -0.4 is 21.7 Å². The number of carbonyl (C=O) groups excluding carboxylic acids is 3. The first kappa shape index (κ1) is 26.4. The number of aliphatic carboxylic acids is 1. The van der Waals surface area contributed by atoms with E-state index in [2.05, 4.69) is 25.9 Å². The normalized spacial score (nSPS) is 14.9. The van der Waals surface area contributed by atoms with Crippen molar-refractivity contribution in [2.45, 2.75) is 57.8 Å². The molecule has 3 amide bonds. The van der Waals surface area contributed by atoms with Gasteiger partial charge in [-0.2, -0.15) is 11.8 Å². The van der Waals surface area contributed by atoms with Crippen molar-refractivity contribution < 1.29 is 24.3 Å². The molecule has 1 heterocycles. The highest BCUT2D eigenvalue weighted by Gasteiger charge is 2.29. The quantitative estimate of drug-likeness (QED) is 0.224. The summed E-state index contributed by atoms with van der Waals surface area (Å²) in [6.07, 6.45) is 5.18. The monoisotopic (exact) mass is 456 g/mol. The van der Waals surface area contributed by atoms with Crippen LogP contribution in [-0.2, 0) is 25.6 Å². The Morgan fingerprint density at radius 2 is 1.74 bits per heavy atom. The van der Waals surface area contributed by atoms with E-state index in [1.807, 2.05) is 6.26 Å². The average Bonchev–Trinajstić information content (AvgIpc) is 3.22. The van der Waals surface area contributed by atoms with Gasteiger partial charge in [0.25, 0.3) is 0 Å². The van der Waals surface area contributed by atoms with Gasteiger partial charge < -0.3 is 31.8 Å². The fourth-order valence-corrected chi connectivity index (χ4v) is 3.04. The molecule has 0 saturated heterocycles. The fourth-order valence-electron chi connectivity index (χ4n) is 2.57. The molecular formula is C19H32N6O5S. The van der Waals surface area contributed by atoms with Gasteiger partial charge in [0, 0.05) is 18.3 Å². The maximum absolute atomic E-state index is 12.8. The third-order valence-electron chi connectivity index (χ3n) is 4.61. The van der Waals surface area contributed by atoms with Crippen molar-refractivity contribution in [1.82, 2.24) is 25.9 Å². The number of nitrogens with two attached hydrogens (primary N) is 1. The van der Waals surface area contributed by atoms with E-state index in [-0.39, 0.29) is 18.8 Å². The standard InChI is InChI=1S/C19H32N6O5S/c1-10(2)15(20)18(28)25-14(7-12-8-21-9-22-12)17(27)23-11(3)16(26)24-13(19(29)30)5-6-31-4/h8-11,13-15H,5-7,20H2,1-4H3,(H,21,22)(H,23,27)(H,24,26)(H,25,28)(H,29,30). The number of aromatic nitrogens is 2. The molecule has 1 aromatic heterocycles. The van der Waals surface area contributed by atoms with E-state index >= 15 is 0 Å². The van der Waals surface area contributed by atoms with Gasteiger partial charge in [-0.05, 0) is 31.3 Å². The second kappa shape index (κ2) is 13.0. The summed E-state index contributed by atoms with van der Waals surface area (Å²) in [7, 11) is 0. The Kier molecular flexibility index (Phi) is 11.0. The molecule has 1 rings (SSSR count). The van der Waals surface area contributed by atoms with Gasteiger partial charge in [-0.15, -0.1) is 0 Å². The Hall–Kier alpha value is -2.60. The summed E-state index contributed by atoms with van der Waals surface area (Å²) < 4.78 is 0. The third kappa shape index (κ3) is 8.97. The number of rotatable bonds is 13. The lowest BCUT2D eigenvalue weighted by Gasteiger charge is -2.24. The lowest BCUT2D eigenvalue weighted by Crippen LogP contribution is -2.57. The maximum atomic E-state index is 12.8. The molecule has 12 heteroatoms. The lowest BCUT2D eigenvalue weighted by atomic mass is 10.0. The van der Waals surface area contributed by atoms with Crippen LogP contribution in [0.4, 0.5) is 0 Å². The largest absolute Gasteiger partial charge is 0.480 e. The van der Waals surface area contributed by atoms with Gasteiger partial charge in [0.1, 0.15) is 18.1 Å². The van der Waals surface area contributed by atoms with E-state index < -0.39 is 47.9 Å². The van der Waals surface area contributed by atoms with Gasteiger partial charge >= 0.3 is 5.97 Å². The van der Waals surface area contributed by atoms with E-state index in [1.165, 1.54) is 31.2 Å². The minimum absolute atomic E-state index is 0.113. The smallest absolute Gasteiger partial charge is 0.326 e. The van der Waals surface area contributed by atoms with Gasteiger partial charge in [-0.1, -0.05) is 13.8 Å². The summed E-state index contributed by atoms with van der Waals surface area (Å²) in [5.74, 6) is -2.44. The van der Waals surface area contributed by atoms with Gasteiger partial charge in [-0.3, -0.25) is 14.4 Å². The Morgan fingerprint density at radius 3 is 2.26 bits per heavy atom. The Balaban J connectivity index is 2.82. The van der Waals surface area contributed by atoms with Crippen molar-refractivity contribution in [1.29, 1.82) is 0 Å². The predicted molar refractivity (Wildman–Crippen MR) is 117 cm³/mol. The number of carboxylic acid groups (broad SMARTS) is 1. The Bertz CT molecular complexity index is 742. The molecule has 0 aliphatic rings. The van der Waals surface area contributed by atoms with Crippen LogP contribution in [0.5, 0.6) is 0 Å². The van der Waals surface area contributed by atoms with Gasteiger partial charge in [0.2, 0.25) is 17.7 Å². The average molecular weight is 457 g/mol. The number of hydrogen-bond acceptors (Lipinski definition) is 7. The van der Waals surface area contributed by atoms with Crippen molar-refractivity contribution >= 4 is 35.5 Å². The second-order valence-electron chi connectivity index (χ2n) is 7.52. The summed E-state index contributed by atoms with van der Waals surface area (Å²) in [4.78, 5) is 55.7. The lowest BCUT2D eigenvalue weighted by molar-refractivity contribution is -0.142. The van der Waals surface area contributed by atoms with Crippen LogP contribution in [0.3, 0.4) is 0 Å². The molecule has 0 aliphatic heterocycles. The molecule has 4 atom stereocenters. The number of H-pyrrole nitrogens is 1. The van der Waals surface area contributed by atoms with Crippen molar-refractivity contribution in [3.63, 3.8) is 0 Å². The summed E-state index contributed by atoms with van der Waals surface area (Å²) >= 11 is 1.47. The van der Waals surface area contributed by atoms with Crippen LogP contribution in [0.25, 0.3) is 0 Å². The molecule has 0 fully saturated rings. The molecular weight excluding hydrogens is 424 g/mol. The molecule has 1 aromatic rings. The first-order valence-corrected chi connectivity index (χ1v) is 11.3. The van der Waals surface area contributed by atoms with E-state index in [4.69, 9.17) is 5.73 Å². The van der Waals surface area contributed by atoms with Crippen LogP contribution in [0.15, 0.2) is 12.5 Å². The minimum atomic E-state index is -1.15. The number of carboxylic acids is 1. The van der Waals surface area contributed by atoms with Crippen LogP contribution in [-0.4, -0.2) is 74.9 Å². The van der Waals surface area contributed by atoms with E-state index in [9.17, 15) is 24.3 Å². The molecule has 0 saturated carbocycles. The molecule has 31 heavy (non-hydrogen) atoms. The summed E-state index contributed by atoms with van der Waals surface area (Å²) in [5, 5.41) is 16.8. The van der Waals surface area contributed by atoms with Crippen molar-refractivity contribution in [2.75, 3.05) is 12.0 Å². The number of nitrogens with zero attached hydrogens (tertiary/aromatic N) is 1. The summed E-state index contributed by atoms with van der Waals surface area (Å²) in [6.45, 7) is 5.02. The molecule has 174 valence electrons. The molecule has 4 unspecified atom stereocenters. The molecule has 0 spiro atoms. The van der Waals surface area contributed by atoms with E-state index in [0.29, 0.717) is 11.4 Å². The van der Waals surface area contributed by atoms with E-state index in [0.717, 1.165) is 0 Å². The van der Waals surface area contributed by atoms with Gasteiger partial charge in [0.05, 0.1) is 12.4 Å². The Morgan fingerprint density at radius 1 is 1.10 bits per heavy atom. The van der Waals surface area contributed by atoms with Crippen LogP contribution in [0, 0.1) is 5.92 Å². The highest BCUT2D eigenvalue weighted by atomic mass is 32.2. The second-order valence-corrected chi connectivity index (χ2v) is 8.51. The fraction of sp³-hybridized carbons (Fsp3) is 0.632. The zero-order valence-electron chi connectivity index (χ0n) is 18.2. The first-order chi connectivity index (χ1) is 14.6. The molecule has 0 radical (unpaired) electrons. The zero-order valence-corrected chi connectivity index (χ0v) is 19.0. The highest BCUT2D eigenvalue weighted by molar-refractivity contribution is 7.98. The number of amides is 3. The van der Waals surface area contributed by atoms with E-state index in [1.54, 1.807) is 13.8 Å². The number of hydrogen-bond donors (Lipinski definition) is 6. The molecule has 0 aromatic carbocycles. The molecule has 7 N–H and O–H groups in total. The van der Waals surface area contributed by atoms with Gasteiger partial charge in [-0.25, -0.2) is 9.78 Å². The SMILES string of the molecule is CSCCC(NC(=O)C(C)NC(=O)C(Cc1cnc[nH]1)NC(=O)C(N)C(C)C)C(=O)O. The number of carbonyl (C=O) groups is 4. The van der Waals surface area contributed by atoms with Gasteiger partial charge in [0.15, 0.2) is 0 Å². The molecule has 0 aliphatic carbocycles. The first-order valence-electron chi connectivity index (χ1n) is 9.92. The maximum Gasteiger partial charge on any atom is 0.326 e. The topological polar surface area (TPSA) is 179 Å². The number of nitrogens with one attached hydrogen (secondary N) is 4. The summed E-state index contributed by atoms with van der Waals surface area (Å²) in [5.41, 5.74) is 6.48. The number of aromatic amines is 1. The van der Waals surface area contributed by atoms with Crippen LogP contribution >= 0.6 is 11.8 Å². The third-order valence-corrected chi connectivity index (χ3v) is 5.25. The minimum Gasteiger partial charge on any atom is -0.480 e. The highest BCUT2D eigenvalue weighted by Crippen LogP contribution is 2.04. The van der Waals surface area contributed by atoms with Crippen molar-refractivity contribution in [3.05, 3.63) is 18.2 Å². The predicted octanol–water partition coefficient (Wildman–Crippen LogP) is -0.752.